The maximum atomic E-state index is 11.6. The molecule has 1 rings (SSSR count). The molecule has 3 heteroatoms. The van der Waals surface area contributed by atoms with Gasteiger partial charge in [0.1, 0.15) is 0 Å². The van der Waals surface area contributed by atoms with Crippen molar-refractivity contribution < 1.29 is 4.21 Å². The van der Waals surface area contributed by atoms with Crippen molar-refractivity contribution in [3.63, 3.8) is 0 Å². The third-order valence-electron chi connectivity index (χ3n) is 1.93. The Morgan fingerprint density at radius 1 is 1.29 bits per heavy atom. The molecule has 0 amide bonds. The fourth-order valence-electron chi connectivity index (χ4n) is 1.20. The summed E-state index contributed by atoms with van der Waals surface area (Å²) in [6.45, 7) is 3.85. The molecule has 0 fully saturated rings. The third kappa shape index (κ3) is 4.53. The van der Waals surface area contributed by atoms with Gasteiger partial charge < -0.3 is 5.32 Å². The normalized spacial score (nSPS) is 12.6. The fourth-order valence-corrected chi connectivity index (χ4v) is 2.28. The van der Waals surface area contributed by atoms with Gasteiger partial charge in [-0.3, -0.25) is 4.21 Å². The van der Waals surface area contributed by atoms with Crippen LogP contribution in [0.3, 0.4) is 0 Å². The van der Waals surface area contributed by atoms with E-state index in [-0.39, 0.29) is 0 Å². The zero-order chi connectivity index (χ0) is 10.2. The van der Waals surface area contributed by atoms with E-state index in [9.17, 15) is 4.21 Å². The predicted molar refractivity (Wildman–Crippen MR) is 61.7 cm³/mol. The van der Waals surface area contributed by atoms with E-state index in [0.29, 0.717) is 5.75 Å². The van der Waals surface area contributed by atoms with Crippen molar-refractivity contribution in [1.82, 2.24) is 5.32 Å². The van der Waals surface area contributed by atoms with E-state index >= 15 is 0 Å². The van der Waals surface area contributed by atoms with E-state index in [1.165, 1.54) is 0 Å². The van der Waals surface area contributed by atoms with Gasteiger partial charge in [-0.1, -0.05) is 37.3 Å². The number of hydrogen-bond acceptors (Lipinski definition) is 2. The summed E-state index contributed by atoms with van der Waals surface area (Å²) in [6, 6.07) is 9.98. The second-order valence-corrected chi connectivity index (χ2v) is 4.70. The summed E-state index contributed by atoms with van der Waals surface area (Å²) >= 11 is 0. The van der Waals surface area contributed by atoms with Gasteiger partial charge in [0.2, 0.25) is 0 Å². The highest BCUT2D eigenvalue weighted by molar-refractivity contribution is 7.84. The van der Waals surface area contributed by atoms with Crippen molar-refractivity contribution in [3.05, 3.63) is 35.9 Å². The molecule has 0 saturated heterocycles. The van der Waals surface area contributed by atoms with Crippen molar-refractivity contribution >= 4 is 10.8 Å². The average molecular weight is 211 g/mol. The van der Waals surface area contributed by atoms with Gasteiger partial charge in [-0.25, -0.2) is 0 Å². The van der Waals surface area contributed by atoms with Crippen LogP contribution in [0.25, 0.3) is 0 Å². The lowest BCUT2D eigenvalue weighted by Gasteiger charge is -2.02. The largest absolute Gasteiger partial charge is 0.316 e. The molecule has 0 saturated carbocycles. The van der Waals surface area contributed by atoms with Gasteiger partial charge in [0.05, 0.1) is 0 Å². The van der Waals surface area contributed by atoms with E-state index in [1.54, 1.807) is 0 Å². The van der Waals surface area contributed by atoms with E-state index in [4.69, 9.17) is 0 Å². The Bertz CT molecular complexity index is 274. The van der Waals surface area contributed by atoms with Gasteiger partial charge in [-0.15, -0.1) is 0 Å². The maximum Gasteiger partial charge on any atom is 0.0486 e. The summed E-state index contributed by atoms with van der Waals surface area (Å²) in [6.07, 6.45) is 0. The molecule has 14 heavy (non-hydrogen) atoms. The first-order chi connectivity index (χ1) is 6.83. The molecule has 0 aliphatic carbocycles. The fraction of sp³-hybridized carbons (Fsp3) is 0.455. The molecule has 78 valence electrons. The SMILES string of the molecule is CCNCCS(=O)Cc1ccccc1. The molecule has 0 bridgehead atoms. The second-order valence-electron chi connectivity index (χ2n) is 3.13. The summed E-state index contributed by atoms with van der Waals surface area (Å²) in [4.78, 5) is 0. The highest BCUT2D eigenvalue weighted by Gasteiger charge is 1.99. The minimum Gasteiger partial charge on any atom is -0.316 e. The van der Waals surface area contributed by atoms with Crippen molar-refractivity contribution in [2.75, 3.05) is 18.8 Å². The van der Waals surface area contributed by atoms with Gasteiger partial charge in [-0.05, 0) is 12.1 Å². The minimum absolute atomic E-state index is 0.673. The quantitative estimate of drug-likeness (QED) is 0.723. The monoisotopic (exact) mass is 211 g/mol. The molecule has 1 N–H and O–H groups in total. The lowest BCUT2D eigenvalue weighted by Crippen LogP contribution is -2.20. The Balaban J connectivity index is 2.27. The first kappa shape index (κ1) is 11.4. The van der Waals surface area contributed by atoms with E-state index < -0.39 is 10.8 Å². The molecule has 1 atom stereocenters. The van der Waals surface area contributed by atoms with Crippen LogP contribution in [-0.4, -0.2) is 23.1 Å². The molecular formula is C11H17NOS. The molecular weight excluding hydrogens is 194 g/mol. The zero-order valence-corrected chi connectivity index (χ0v) is 9.35. The Morgan fingerprint density at radius 2 is 2.00 bits per heavy atom. The number of rotatable bonds is 6. The van der Waals surface area contributed by atoms with Crippen LogP contribution < -0.4 is 5.32 Å². The van der Waals surface area contributed by atoms with Crippen molar-refractivity contribution in [1.29, 1.82) is 0 Å². The van der Waals surface area contributed by atoms with Crippen LogP contribution in [0.1, 0.15) is 12.5 Å². The molecule has 2 nitrogen and oxygen atoms in total. The summed E-state index contributed by atoms with van der Waals surface area (Å²) in [7, 11) is -0.735. The molecule has 0 aromatic heterocycles. The molecule has 0 spiro atoms. The second kappa shape index (κ2) is 6.74. The Kier molecular flexibility index (Phi) is 5.49. The zero-order valence-electron chi connectivity index (χ0n) is 8.53. The van der Waals surface area contributed by atoms with E-state index in [1.807, 2.05) is 30.3 Å². The molecule has 0 radical (unpaired) electrons. The Hall–Kier alpha value is -0.670. The first-order valence-corrected chi connectivity index (χ1v) is 6.41. The minimum atomic E-state index is -0.735. The number of benzene rings is 1. The molecule has 1 aromatic carbocycles. The highest BCUT2D eigenvalue weighted by Crippen LogP contribution is 2.02. The van der Waals surface area contributed by atoms with Crippen LogP contribution in [0, 0.1) is 0 Å². The van der Waals surface area contributed by atoms with Gasteiger partial charge >= 0.3 is 0 Å². The van der Waals surface area contributed by atoms with Crippen molar-refractivity contribution in [3.8, 4) is 0 Å². The molecule has 1 unspecified atom stereocenters. The van der Waals surface area contributed by atoms with Crippen LogP contribution in [0.4, 0.5) is 0 Å². The van der Waals surface area contributed by atoms with E-state index in [2.05, 4.69) is 12.2 Å². The lowest BCUT2D eigenvalue weighted by atomic mass is 10.2. The van der Waals surface area contributed by atoms with Gasteiger partial charge in [-0.2, -0.15) is 0 Å². The molecule has 0 aliphatic rings. The summed E-state index contributed by atoms with van der Waals surface area (Å²) in [5, 5.41) is 3.17. The topological polar surface area (TPSA) is 29.1 Å². The van der Waals surface area contributed by atoms with Crippen LogP contribution in [0.5, 0.6) is 0 Å². The summed E-state index contributed by atoms with van der Waals surface area (Å²) in [5.41, 5.74) is 1.15. The lowest BCUT2D eigenvalue weighted by molar-refractivity contribution is 0.676. The van der Waals surface area contributed by atoms with Gasteiger partial charge in [0.15, 0.2) is 0 Å². The highest BCUT2D eigenvalue weighted by atomic mass is 32.2. The van der Waals surface area contributed by atoms with Crippen LogP contribution in [-0.2, 0) is 16.6 Å². The maximum absolute atomic E-state index is 11.6. The van der Waals surface area contributed by atoms with Crippen LogP contribution >= 0.6 is 0 Å². The third-order valence-corrected chi connectivity index (χ3v) is 3.24. The molecule has 0 heterocycles. The first-order valence-electron chi connectivity index (χ1n) is 4.92. The Labute approximate surface area is 88.2 Å². The van der Waals surface area contributed by atoms with Gasteiger partial charge in [0, 0.05) is 28.9 Å². The van der Waals surface area contributed by atoms with Crippen LogP contribution in [0.15, 0.2) is 30.3 Å². The predicted octanol–water partition coefficient (Wildman–Crippen LogP) is 1.54. The smallest absolute Gasteiger partial charge is 0.0486 e. The van der Waals surface area contributed by atoms with Crippen molar-refractivity contribution in [2.45, 2.75) is 12.7 Å². The van der Waals surface area contributed by atoms with E-state index in [0.717, 1.165) is 24.4 Å². The number of nitrogens with one attached hydrogen (secondary N) is 1. The van der Waals surface area contributed by atoms with Crippen molar-refractivity contribution in [2.24, 2.45) is 0 Å². The summed E-state index contributed by atoms with van der Waals surface area (Å²) in [5.74, 6) is 1.41. The van der Waals surface area contributed by atoms with Crippen LogP contribution in [0.2, 0.25) is 0 Å². The number of hydrogen-bond donors (Lipinski definition) is 1. The average Bonchev–Trinajstić information content (AvgIpc) is 2.20. The Morgan fingerprint density at radius 3 is 2.64 bits per heavy atom. The summed E-state index contributed by atoms with van der Waals surface area (Å²) < 4.78 is 11.6. The molecule has 0 aliphatic heterocycles. The standard InChI is InChI=1S/C11H17NOS/c1-2-12-8-9-14(13)10-11-6-4-3-5-7-11/h3-7,12H,2,8-10H2,1H3. The van der Waals surface area contributed by atoms with Gasteiger partial charge in [0.25, 0.3) is 0 Å². The molecule has 1 aromatic rings.